The van der Waals surface area contributed by atoms with E-state index in [0.717, 1.165) is 32.7 Å². The van der Waals surface area contributed by atoms with E-state index in [1.165, 1.54) is 0 Å². The number of aryl methyl sites for hydroxylation is 1. The van der Waals surface area contributed by atoms with Gasteiger partial charge in [-0.1, -0.05) is 6.92 Å². The Morgan fingerprint density at radius 3 is 2.79 bits per heavy atom. The fraction of sp³-hybridized carbons (Fsp3) is 0.786. The summed E-state index contributed by atoms with van der Waals surface area (Å²) in [5.74, 6) is 0. The fourth-order valence-corrected chi connectivity index (χ4v) is 2.54. The highest BCUT2D eigenvalue weighted by molar-refractivity contribution is 4.84. The Labute approximate surface area is 114 Å². The van der Waals surface area contributed by atoms with Crippen molar-refractivity contribution in [3.05, 3.63) is 22.9 Å². The lowest BCUT2D eigenvalue weighted by Crippen LogP contribution is -2.47. The minimum absolute atomic E-state index is 0.0760. The molecule has 1 aromatic heterocycles. The predicted molar refractivity (Wildman–Crippen MR) is 75.4 cm³/mol. The van der Waals surface area contributed by atoms with E-state index in [1.807, 2.05) is 12.4 Å². The van der Waals surface area contributed by atoms with Gasteiger partial charge in [0.2, 0.25) is 0 Å². The standard InChI is InChI=1S/C14H25N3O2/c1-4-5-15-6-7-17(14(15)18)11-13-10-16(12(2)3)8-9-19-13/h6-7,12-13H,4-5,8-11H2,1-3H3. The normalized spacial score (nSPS) is 21.2. The van der Waals surface area contributed by atoms with Crippen LogP contribution in [0.1, 0.15) is 27.2 Å². The molecular weight excluding hydrogens is 242 g/mol. The van der Waals surface area contributed by atoms with Crippen LogP contribution in [0.15, 0.2) is 17.2 Å². The molecule has 1 fully saturated rings. The molecule has 5 nitrogen and oxygen atoms in total. The number of nitrogens with zero attached hydrogens (tertiary/aromatic N) is 3. The van der Waals surface area contributed by atoms with Gasteiger partial charge in [0, 0.05) is 38.1 Å². The first-order chi connectivity index (χ1) is 9.11. The molecule has 0 aliphatic carbocycles. The van der Waals surface area contributed by atoms with Crippen LogP contribution in [0.5, 0.6) is 0 Å². The van der Waals surface area contributed by atoms with E-state index in [0.29, 0.717) is 12.6 Å². The van der Waals surface area contributed by atoms with Crippen molar-refractivity contribution in [2.24, 2.45) is 0 Å². The van der Waals surface area contributed by atoms with Crippen LogP contribution >= 0.6 is 0 Å². The summed E-state index contributed by atoms with van der Waals surface area (Å²) in [6.07, 6.45) is 4.83. The molecule has 0 saturated carbocycles. The molecule has 1 atom stereocenters. The monoisotopic (exact) mass is 267 g/mol. The Hall–Kier alpha value is -1.07. The Bertz CT molecular complexity index is 450. The minimum Gasteiger partial charge on any atom is -0.374 e. The largest absolute Gasteiger partial charge is 0.374 e. The van der Waals surface area contributed by atoms with Crippen molar-refractivity contribution >= 4 is 0 Å². The van der Waals surface area contributed by atoms with Crippen molar-refractivity contribution in [1.29, 1.82) is 0 Å². The highest BCUT2D eigenvalue weighted by atomic mass is 16.5. The molecule has 108 valence electrons. The van der Waals surface area contributed by atoms with Crippen LogP contribution < -0.4 is 5.69 Å². The van der Waals surface area contributed by atoms with Gasteiger partial charge in [0.15, 0.2) is 0 Å². The first-order valence-electron chi connectivity index (χ1n) is 7.23. The van der Waals surface area contributed by atoms with E-state index in [1.54, 1.807) is 9.13 Å². The lowest BCUT2D eigenvalue weighted by atomic mass is 10.2. The van der Waals surface area contributed by atoms with E-state index >= 15 is 0 Å². The van der Waals surface area contributed by atoms with E-state index in [-0.39, 0.29) is 11.8 Å². The number of ether oxygens (including phenoxy) is 1. The highest BCUT2D eigenvalue weighted by Crippen LogP contribution is 2.10. The molecule has 19 heavy (non-hydrogen) atoms. The van der Waals surface area contributed by atoms with Crippen molar-refractivity contribution in [1.82, 2.24) is 14.0 Å². The molecule has 0 N–H and O–H groups in total. The zero-order valence-electron chi connectivity index (χ0n) is 12.2. The SMILES string of the molecule is CCCn1ccn(CC2CN(C(C)C)CCO2)c1=O. The van der Waals surface area contributed by atoms with Crippen LogP contribution in [-0.2, 0) is 17.8 Å². The van der Waals surface area contributed by atoms with E-state index in [9.17, 15) is 4.79 Å². The summed E-state index contributed by atoms with van der Waals surface area (Å²) < 4.78 is 9.31. The molecule has 0 amide bonds. The zero-order chi connectivity index (χ0) is 13.8. The summed E-state index contributed by atoms with van der Waals surface area (Å²) >= 11 is 0. The van der Waals surface area contributed by atoms with Crippen molar-refractivity contribution in [3.8, 4) is 0 Å². The smallest absolute Gasteiger partial charge is 0.328 e. The molecule has 0 radical (unpaired) electrons. The van der Waals surface area contributed by atoms with E-state index in [4.69, 9.17) is 4.74 Å². The average molecular weight is 267 g/mol. The molecule has 0 spiro atoms. The van der Waals surface area contributed by atoms with Crippen molar-refractivity contribution in [2.75, 3.05) is 19.7 Å². The van der Waals surface area contributed by atoms with Crippen molar-refractivity contribution < 1.29 is 4.74 Å². The maximum atomic E-state index is 12.1. The first-order valence-corrected chi connectivity index (χ1v) is 7.23. The van der Waals surface area contributed by atoms with Crippen molar-refractivity contribution in [3.63, 3.8) is 0 Å². The van der Waals surface area contributed by atoms with Crippen molar-refractivity contribution in [2.45, 2.75) is 52.4 Å². The maximum absolute atomic E-state index is 12.1. The second kappa shape index (κ2) is 6.39. The third-order valence-electron chi connectivity index (χ3n) is 3.68. The summed E-state index contributed by atoms with van der Waals surface area (Å²) in [7, 11) is 0. The molecule has 1 saturated heterocycles. The second-order valence-electron chi connectivity index (χ2n) is 5.51. The molecule has 5 heteroatoms. The molecule has 1 aliphatic rings. The summed E-state index contributed by atoms with van der Waals surface area (Å²) in [6, 6.07) is 0.535. The molecule has 2 heterocycles. The van der Waals surface area contributed by atoms with Gasteiger partial charge in [-0.15, -0.1) is 0 Å². The Morgan fingerprint density at radius 2 is 2.11 bits per heavy atom. The van der Waals surface area contributed by atoms with Gasteiger partial charge in [0.1, 0.15) is 0 Å². The van der Waals surface area contributed by atoms with Crippen LogP contribution in [0.4, 0.5) is 0 Å². The molecule has 1 aromatic rings. The molecule has 0 bridgehead atoms. The van der Waals surface area contributed by atoms with Gasteiger partial charge in [-0.2, -0.15) is 0 Å². The molecule has 1 unspecified atom stereocenters. The Balaban J connectivity index is 1.99. The van der Waals surface area contributed by atoms with Gasteiger partial charge < -0.3 is 4.74 Å². The summed E-state index contributed by atoms with van der Waals surface area (Å²) in [5, 5.41) is 0. The van der Waals surface area contributed by atoms with Gasteiger partial charge in [0.25, 0.3) is 0 Å². The van der Waals surface area contributed by atoms with Gasteiger partial charge in [-0.3, -0.25) is 14.0 Å². The number of morpholine rings is 1. The zero-order valence-corrected chi connectivity index (χ0v) is 12.2. The lowest BCUT2D eigenvalue weighted by molar-refractivity contribution is -0.0460. The third-order valence-corrected chi connectivity index (χ3v) is 3.68. The third kappa shape index (κ3) is 3.48. The number of imidazole rings is 1. The van der Waals surface area contributed by atoms with Gasteiger partial charge >= 0.3 is 5.69 Å². The Kier molecular flexibility index (Phi) is 4.82. The van der Waals surface area contributed by atoms with Crippen LogP contribution in [-0.4, -0.2) is 45.9 Å². The number of hydrogen-bond donors (Lipinski definition) is 0. The number of aromatic nitrogens is 2. The van der Waals surface area contributed by atoms with Gasteiger partial charge in [-0.25, -0.2) is 4.79 Å². The minimum atomic E-state index is 0.0760. The maximum Gasteiger partial charge on any atom is 0.328 e. The second-order valence-corrected chi connectivity index (χ2v) is 5.51. The quantitative estimate of drug-likeness (QED) is 0.804. The number of hydrogen-bond acceptors (Lipinski definition) is 3. The molecule has 2 rings (SSSR count). The highest BCUT2D eigenvalue weighted by Gasteiger charge is 2.23. The molecule has 1 aliphatic heterocycles. The van der Waals surface area contributed by atoms with E-state index < -0.39 is 0 Å². The Morgan fingerprint density at radius 1 is 1.37 bits per heavy atom. The van der Waals surface area contributed by atoms with Gasteiger partial charge in [-0.05, 0) is 20.3 Å². The van der Waals surface area contributed by atoms with Crippen LogP contribution in [0.25, 0.3) is 0 Å². The van der Waals surface area contributed by atoms with Crippen LogP contribution in [0, 0.1) is 0 Å². The fourth-order valence-electron chi connectivity index (χ4n) is 2.54. The van der Waals surface area contributed by atoms with Crippen LogP contribution in [0.2, 0.25) is 0 Å². The van der Waals surface area contributed by atoms with E-state index in [2.05, 4.69) is 25.7 Å². The lowest BCUT2D eigenvalue weighted by Gasteiger charge is -2.35. The van der Waals surface area contributed by atoms with Crippen LogP contribution in [0.3, 0.4) is 0 Å². The summed E-state index contributed by atoms with van der Waals surface area (Å²) in [6.45, 7) is 10.6. The molecular formula is C14H25N3O2. The number of rotatable bonds is 5. The topological polar surface area (TPSA) is 39.4 Å². The summed E-state index contributed by atoms with van der Waals surface area (Å²) in [5.41, 5.74) is 0.0760. The predicted octanol–water partition coefficient (Wildman–Crippen LogP) is 1.17. The first kappa shape index (κ1) is 14.3. The van der Waals surface area contributed by atoms with Gasteiger partial charge in [0.05, 0.1) is 19.3 Å². The molecule has 0 aromatic carbocycles. The summed E-state index contributed by atoms with van der Waals surface area (Å²) in [4.78, 5) is 14.5. The average Bonchev–Trinajstić information content (AvgIpc) is 2.72.